The maximum atomic E-state index is 12.2. The highest BCUT2D eigenvalue weighted by atomic mass is 32.2. The average Bonchev–Trinajstić information content (AvgIpc) is 2.97. The third-order valence-electron chi connectivity index (χ3n) is 4.53. The fourth-order valence-electron chi connectivity index (χ4n) is 3.11. The highest BCUT2D eigenvalue weighted by Gasteiger charge is 2.30. The average molecular weight is 337 g/mol. The van der Waals surface area contributed by atoms with Gasteiger partial charge in [-0.25, -0.2) is 0 Å². The summed E-state index contributed by atoms with van der Waals surface area (Å²) in [7, 11) is 1.51. The van der Waals surface area contributed by atoms with Crippen molar-refractivity contribution in [2.24, 2.45) is 0 Å². The minimum atomic E-state index is -3.30. The van der Waals surface area contributed by atoms with Gasteiger partial charge in [-0.15, -0.1) is 0 Å². The van der Waals surface area contributed by atoms with Crippen molar-refractivity contribution in [3.63, 3.8) is 0 Å². The predicted molar refractivity (Wildman–Crippen MR) is 91.0 cm³/mol. The number of nitrogens with zero attached hydrogens (tertiary/aromatic N) is 2. The van der Waals surface area contributed by atoms with E-state index in [1.165, 1.54) is 10.00 Å². The number of hydrogen-bond acceptors (Lipinski definition) is 3. The molecule has 0 atom stereocenters. The highest BCUT2D eigenvalue weighted by Crippen LogP contribution is 2.32. The van der Waals surface area contributed by atoms with Crippen LogP contribution in [0.15, 0.2) is 24.3 Å². The first-order valence-electron chi connectivity index (χ1n) is 7.76. The molecule has 2 aromatic rings. The third-order valence-corrected chi connectivity index (χ3v) is 6.47. The van der Waals surface area contributed by atoms with Gasteiger partial charge in [0, 0.05) is 49.7 Å². The van der Waals surface area contributed by atoms with Crippen molar-refractivity contribution in [2.75, 3.05) is 34.3 Å². The Morgan fingerprint density at radius 2 is 1.91 bits per heavy atom. The number of fused-ring (bicyclic) bond motifs is 1. The zero-order valence-corrected chi connectivity index (χ0v) is 14.6. The van der Waals surface area contributed by atoms with Crippen LogP contribution in [0.25, 0.3) is 10.9 Å². The number of piperidine rings is 1. The number of aromatic amines is 1. The SMILES string of the molecule is COc1ccc2[nH]c(C3CCN(S(=O)(=O)N(C)C)CC3)cc2c1. The Balaban J connectivity index is 1.75. The summed E-state index contributed by atoms with van der Waals surface area (Å²) in [6.07, 6.45) is 1.66. The number of ether oxygens (including phenoxy) is 1. The molecule has 23 heavy (non-hydrogen) atoms. The first-order valence-corrected chi connectivity index (χ1v) is 9.16. The molecule has 1 fully saturated rings. The summed E-state index contributed by atoms with van der Waals surface area (Å²) in [6, 6.07) is 8.12. The van der Waals surface area contributed by atoms with Crippen LogP contribution in [0.5, 0.6) is 5.75 Å². The maximum Gasteiger partial charge on any atom is 0.281 e. The minimum Gasteiger partial charge on any atom is -0.497 e. The lowest BCUT2D eigenvalue weighted by atomic mass is 9.95. The Hall–Kier alpha value is -1.57. The van der Waals surface area contributed by atoms with E-state index in [0.29, 0.717) is 19.0 Å². The van der Waals surface area contributed by atoms with Crippen LogP contribution in [-0.4, -0.2) is 56.3 Å². The van der Waals surface area contributed by atoms with Gasteiger partial charge in [0.25, 0.3) is 10.2 Å². The van der Waals surface area contributed by atoms with E-state index in [4.69, 9.17) is 4.74 Å². The Morgan fingerprint density at radius 1 is 1.22 bits per heavy atom. The van der Waals surface area contributed by atoms with Gasteiger partial charge in [-0.3, -0.25) is 0 Å². The molecule has 0 spiro atoms. The normalized spacial score (nSPS) is 17.9. The van der Waals surface area contributed by atoms with Crippen LogP contribution < -0.4 is 4.74 Å². The summed E-state index contributed by atoms with van der Waals surface area (Å²) in [5, 5.41) is 1.13. The van der Waals surface area contributed by atoms with E-state index in [0.717, 1.165) is 29.5 Å². The first kappa shape index (κ1) is 16.3. The van der Waals surface area contributed by atoms with E-state index >= 15 is 0 Å². The monoisotopic (exact) mass is 337 g/mol. The molecule has 1 aliphatic rings. The number of rotatable bonds is 4. The van der Waals surface area contributed by atoms with E-state index in [-0.39, 0.29) is 0 Å². The molecular formula is C16H23N3O3S. The molecule has 126 valence electrons. The predicted octanol–water partition coefficient (Wildman–Crippen LogP) is 2.16. The van der Waals surface area contributed by atoms with Gasteiger partial charge in [-0.1, -0.05) is 0 Å². The van der Waals surface area contributed by atoms with Crippen LogP contribution in [0.4, 0.5) is 0 Å². The van der Waals surface area contributed by atoms with E-state index in [9.17, 15) is 8.42 Å². The largest absolute Gasteiger partial charge is 0.497 e. The molecule has 0 unspecified atom stereocenters. The Kier molecular flexibility index (Phi) is 4.35. The Bertz CT molecular complexity index is 790. The summed E-state index contributed by atoms with van der Waals surface area (Å²) in [5.74, 6) is 1.21. The van der Waals surface area contributed by atoms with Crippen LogP contribution in [0.2, 0.25) is 0 Å². The van der Waals surface area contributed by atoms with Crippen molar-refractivity contribution in [2.45, 2.75) is 18.8 Å². The molecule has 6 nitrogen and oxygen atoms in total. The van der Waals surface area contributed by atoms with Crippen molar-refractivity contribution < 1.29 is 13.2 Å². The molecule has 1 N–H and O–H groups in total. The maximum absolute atomic E-state index is 12.2. The Labute approximate surface area is 137 Å². The zero-order chi connectivity index (χ0) is 16.6. The van der Waals surface area contributed by atoms with Crippen molar-refractivity contribution in [3.8, 4) is 5.75 Å². The van der Waals surface area contributed by atoms with Crippen LogP contribution >= 0.6 is 0 Å². The summed E-state index contributed by atoms with van der Waals surface area (Å²) in [6.45, 7) is 1.12. The number of methoxy groups -OCH3 is 1. The zero-order valence-electron chi connectivity index (χ0n) is 13.7. The minimum absolute atomic E-state index is 0.363. The summed E-state index contributed by atoms with van der Waals surface area (Å²) < 4.78 is 32.4. The topological polar surface area (TPSA) is 65.6 Å². The lowest BCUT2D eigenvalue weighted by Crippen LogP contribution is -2.44. The molecular weight excluding hydrogens is 314 g/mol. The second-order valence-corrected chi connectivity index (χ2v) is 8.28. The van der Waals surface area contributed by atoms with Crippen LogP contribution in [0.1, 0.15) is 24.5 Å². The van der Waals surface area contributed by atoms with Gasteiger partial charge in [0.2, 0.25) is 0 Å². The highest BCUT2D eigenvalue weighted by molar-refractivity contribution is 7.86. The molecule has 3 rings (SSSR count). The quantitative estimate of drug-likeness (QED) is 0.930. The number of aromatic nitrogens is 1. The van der Waals surface area contributed by atoms with Gasteiger partial charge < -0.3 is 9.72 Å². The van der Waals surface area contributed by atoms with E-state index < -0.39 is 10.2 Å². The van der Waals surface area contributed by atoms with E-state index in [1.807, 2.05) is 18.2 Å². The van der Waals surface area contributed by atoms with Gasteiger partial charge >= 0.3 is 0 Å². The molecule has 7 heteroatoms. The summed E-state index contributed by atoms with van der Waals surface area (Å²) in [4.78, 5) is 3.46. The van der Waals surface area contributed by atoms with Crippen LogP contribution in [-0.2, 0) is 10.2 Å². The van der Waals surface area contributed by atoms with Gasteiger partial charge in [0.1, 0.15) is 5.75 Å². The number of H-pyrrole nitrogens is 1. The van der Waals surface area contributed by atoms with Gasteiger partial charge in [-0.2, -0.15) is 17.0 Å². The van der Waals surface area contributed by atoms with Crippen molar-refractivity contribution in [1.29, 1.82) is 0 Å². The second-order valence-electron chi connectivity index (χ2n) is 6.14. The number of hydrogen-bond donors (Lipinski definition) is 1. The lowest BCUT2D eigenvalue weighted by molar-refractivity contribution is 0.300. The molecule has 2 heterocycles. The number of nitrogens with one attached hydrogen (secondary N) is 1. The standard InChI is InChI=1S/C16H23N3O3S/c1-18(2)23(20,21)19-8-6-12(7-9-19)16-11-13-10-14(22-3)4-5-15(13)17-16/h4-5,10-12,17H,6-9H2,1-3H3. The van der Waals surface area contributed by atoms with Gasteiger partial charge in [-0.05, 0) is 37.1 Å². The van der Waals surface area contributed by atoms with Crippen molar-refractivity contribution in [1.82, 2.24) is 13.6 Å². The molecule has 0 amide bonds. The molecule has 0 bridgehead atoms. The van der Waals surface area contributed by atoms with Gasteiger partial charge in [0.15, 0.2) is 0 Å². The van der Waals surface area contributed by atoms with Crippen LogP contribution in [0, 0.1) is 0 Å². The van der Waals surface area contributed by atoms with Crippen molar-refractivity contribution in [3.05, 3.63) is 30.0 Å². The first-order chi connectivity index (χ1) is 10.9. The van der Waals surface area contributed by atoms with Crippen molar-refractivity contribution >= 4 is 21.1 Å². The third kappa shape index (κ3) is 3.08. The van der Waals surface area contributed by atoms with Crippen LogP contribution in [0.3, 0.4) is 0 Å². The summed E-state index contributed by atoms with van der Waals surface area (Å²) >= 11 is 0. The van der Waals surface area contributed by atoms with E-state index in [1.54, 1.807) is 25.5 Å². The summed E-state index contributed by atoms with van der Waals surface area (Å²) in [5.41, 5.74) is 2.26. The smallest absolute Gasteiger partial charge is 0.281 e. The molecule has 1 aliphatic heterocycles. The van der Waals surface area contributed by atoms with E-state index in [2.05, 4.69) is 11.1 Å². The molecule has 1 saturated heterocycles. The molecule has 0 radical (unpaired) electrons. The molecule has 0 saturated carbocycles. The molecule has 0 aliphatic carbocycles. The fraction of sp³-hybridized carbons (Fsp3) is 0.500. The lowest BCUT2D eigenvalue weighted by Gasteiger charge is -2.32. The Morgan fingerprint density at radius 3 is 2.52 bits per heavy atom. The fourth-order valence-corrected chi connectivity index (χ4v) is 4.24. The number of benzene rings is 1. The van der Waals surface area contributed by atoms with Gasteiger partial charge in [0.05, 0.1) is 7.11 Å². The second kappa shape index (κ2) is 6.14. The molecule has 1 aromatic carbocycles. The molecule has 1 aromatic heterocycles.